The third kappa shape index (κ3) is 4.93. The van der Waals surface area contributed by atoms with E-state index >= 15 is 0 Å². The van der Waals surface area contributed by atoms with Gasteiger partial charge in [0, 0.05) is 5.02 Å². The molecule has 1 fully saturated rings. The molecular weight excluding hydrogens is 308 g/mol. The molecule has 1 aromatic rings. The topological polar surface area (TPSA) is 72.2 Å². The lowest BCUT2D eigenvalue weighted by Gasteiger charge is -2.19. The first kappa shape index (κ1) is 16.2. The quantitative estimate of drug-likeness (QED) is 0.808. The number of nitrogens with one attached hydrogen (secondary N) is 1. The highest BCUT2D eigenvalue weighted by atomic mass is 35.5. The van der Waals surface area contributed by atoms with Gasteiger partial charge in [0.05, 0.1) is 17.5 Å². The lowest BCUT2D eigenvalue weighted by atomic mass is 10.0. The van der Waals surface area contributed by atoms with Crippen LogP contribution >= 0.6 is 23.4 Å². The number of rotatable bonds is 7. The zero-order valence-corrected chi connectivity index (χ0v) is 13.4. The molecule has 0 unspecified atom stereocenters. The van der Waals surface area contributed by atoms with Gasteiger partial charge in [-0.25, -0.2) is 0 Å². The fourth-order valence-electron chi connectivity index (χ4n) is 2.38. The van der Waals surface area contributed by atoms with E-state index < -0.39 is 5.91 Å². The largest absolute Gasteiger partial charge is 0.369 e. The van der Waals surface area contributed by atoms with E-state index in [4.69, 9.17) is 17.3 Å². The van der Waals surface area contributed by atoms with Gasteiger partial charge in [-0.2, -0.15) is 0 Å². The molecule has 3 atom stereocenters. The van der Waals surface area contributed by atoms with Crippen molar-refractivity contribution in [1.82, 2.24) is 5.32 Å². The van der Waals surface area contributed by atoms with Crippen molar-refractivity contribution in [1.29, 1.82) is 0 Å². The van der Waals surface area contributed by atoms with Crippen molar-refractivity contribution in [3.63, 3.8) is 0 Å². The highest BCUT2D eigenvalue weighted by Crippen LogP contribution is 2.47. The predicted octanol–water partition coefficient (Wildman–Crippen LogP) is 2.37. The van der Waals surface area contributed by atoms with E-state index in [0.717, 1.165) is 12.0 Å². The first-order valence-corrected chi connectivity index (χ1v) is 8.41. The van der Waals surface area contributed by atoms with Gasteiger partial charge in [-0.1, -0.05) is 30.7 Å². The van der Waals surface area contributed by atoms with Gasteiger partial charge in [0.25, 0.3) is 0 Å². The zero-order valence-electron chi connectivity index (χ0n) is 11.8. The van der Waals surface area contributed by atoms with Crippen LogP contribution < -0.4 is 11.1 Å². The average molecular weight is 327 g/mol. The van der Waals surface area contributed by atoms with E-state index in [1.165, 1.54) is 11.8 Å². The second-order valence-electron chi connectivity index (χ2n) is 5.43. The molecule has 0 bridgehead atoms. The van der Waals surface area contributed by atoms with Gasteiger partial charge in [0.15, 0.2) is 0 Å². The van der Waals surface area contributed by atoms with Crippen molar-refractivity contribution in [2.45, 2.75) is 19.4 Å². The SMILES string of the molecule is C[C@@H]1C[C@@H]1[C@H](NC(=O)CSCC(N)=O)c1ccc(Cl)cc1. The van der Waals surface area contributed by atoms with E-state index in [2.05, 4.69) is 12.2 Å². The van der Waals surface area contributed by atoms with Crippen molar-refractivity contribution in [3.05, 3.63) is 34.9 Å². The third-order valence-corrected chi connectivity index (χ3v) is 4.83. The lowest BCUT2D eigenvalue weighted by Crippen LogP contribution is -2.32. The molecule has 21 heavy (non-hydrogen) atoms. The molecule has 6 heteroatoms. The van der Waals surface area contributed by atoms with Gasteiger partial charge in [-0.05, 0) is 36.0 Å². The van der Waals surface area contributed by atoms with Gasteiger partial charge in [0.1, 0.15) is 0 Å². The minimum Gasteiger partial charge on any atom is -0.369 e. The number of halogens is 1. The molecule has 0 spiro atoms. The van der Waals surface area contributed by atoms with Crippen molar-refractivity contribution in [2.75, 3.05) is 11.5 Å². The number of carbonyl (C=O) groups excluding carboxylic acids is 2. The van der Waals surface area contributed by atoms with E-state index in [0.29, 0.717) is 16.9 Å². The molecule has 1 aliphatic carbocycles. The Bertz CT molecular complexity index is 521. The number of hydrogen-bond donors (Lipinski definition) is 2. The van der Waals surface area contributed by atoms with Crippen LogP contribution in [0, 0.1) is 11.8 Å². The summed E-state index contributed by atoms with van der Waals surface area (Å²) in [5, 5.41) is 3.75. The molecule has 0 saturated heterocycles. The molecule has 4 nitrogen and oxygen atoms in total. The molecular formula is C15H19ClN2O2S. The fourth-order valence-corrected chi connectivity index (χ4v) is 3.08. The van der Waals surface area contributed by atoms with Gasteiger partial charge in [-0.3, -0.25) is 9.59 Å². The van der Waals surface area contributed by atoms with Crippen LogP contribution in [0.15, 0.2) is 24.3 Å². The molecule has 0 aliphatic heterocycles. The van der Waals surface area contributed by atoms with Crippen LogP contribution in [0.3, 0.4) is 0 Å². The number of hydrogen-bond acceptors (Lipinski definition) is 3. The van der Waals surface area contributed by atoms with Crippen molar-refractivity contribution >= 4 is 35.2 Å². The summed E-state index contributed by atoms with van der Waals surface area (Å²) < 4.78 is 0. The molecule has 2 rings (SSSR count). The van der Waals surface area contributed by atoms with Crippen LogP contribution in [0.5, 0.6) is 0 Å². The highest BCUT2D eigenvalue weighted by molar-refractivity contribution is 8.00. The molecule has 114 valence electrons. The number of amides is 2. The van der Waals surface area contributed by atoms with E-state index in [9.17, 15) is 9.59 Å². The summed E-state index contributed by atoms with van der Waals surface area (Å²) in [5.41, 5.74) is 6.13. The van der Waals surface area contributed by atoms with Crippen LogP contribution in [0.25, 0.3) is 0 Å². The van der Waals surface area contributed by atoms with Crippen LogP contribution in [0.2, 0.25) is 5.02 Å². The lowest BCUT2D eigenvalue weighted by molar-refractivity contribution is -0.119. The Balaban J connectivity index is 1.95. The summed E-state index contributed by atoms with van der Waals surface area (Å²) in [4.78, 5) is 22.7. The predicted molar refractivity (Wildman–Crippen MR) is 86.1 cm³/mol. The third-order valence-electron chi connectivity index (χ3n) is 3.62. The highest BCUT2D eigenvalue weighted by Gasteiger charge is 2.40. The van der Waals surface area contributed by atoms with E-state index in [-0.39, 0.29) is 23.5 Å². The van der Waals surface area contributed by atoms with Gasteiger partial charge in [-0.15, -0.1) is 11.8 Å². The molecule has 0 aromatic heterocycles. The number of thioether (sulfide) groups is 1. The Kier molecular flexibility index (Phi) is 5.53. The molecule has 3 N–H and O–H groups in total. The first-order valence-electron chi connectivity index (χ1n) is 6.88. The van der Waals surface area contributed by atoms with E-state index in [1.807, 2.05) is 24.3 Å². The minimum atomic E-state index is -0.405. The molecule has 1 saturated carbocycles. The van der Waals surface area contributed by atoms with Gasteiger partial charge < -0.3 is 11.1 Å². The summed E-state index contributed by atoms with van der Waals surface area (Å²) in [6.07, 6.45) is 1.11. The maximum atomic E-state index is 12.0. The Labute approximate surface area is 133 Å². The minimum absolute atomic E-state index is 0.0129. The summed E-state index contributed by atoms with van der Waals surface area (Å²) in [7, 11) is 0. The molecule has 0 heterocycles. The Morgan fingerprint density at radius 2 is 2.00 bits per heavy atom. The van der Waals surface area contributed by atoms with Crippen LogP contribution in [-0.4, -0.2) is 23.3 Å². The zero-order chi connectivity index (χ0) is 15.4. The first-order chi connectivity index (χ1) is 9.97. The van der Waals surface area contributed by atoms with Crippen LogP contribution in [0.4, 0.5) is 0 Å². The smallest absolute Gasteiger partial charge is 0.230 e. The Morgan fingerprint density at radius 3 is 2.52 bits per heavy atom. The number of nitrogens with two attached hydrogens (primary N) is 1. The number of benzene rings is 1. The van der Waals surface area contributed by atoms with Crippen molar-refractivity contribution < 1.29 is 9.59 Å². The van der Waals surface area contributed by atoms with Crippen LogP contribution in [-0.2, 0) is 9.59 Å². The van der Waals surface area contributed by atoms with Crippen LogP contribution in [0.1, 0.15) is 24.9 Å². The molecule has 1 aliphatic rings. The van der Waals surface area contributed by atoms with Gasteiger partial charge >= 0.3 is 0 Å². The molecule has 2 amide bonds. The summed E-state index contributed by atoms with van der Waals surface area (Å²) in [5.74, 6) is 1.02. The summed E-state index contributed by atoms with van der Waals surface area (Å²) >= 11 is 7.14. The second kappa shape index (κ2) is 7.18. The van der Waals surface area contributed by atoms with Crippen molar-refractivity contribution in [2.24, 2.45) is 17.6 Å². The number of primary amides is 1. The maximum absolute atomic E-state index is 12.0. The Morgan fingerprint density at radius 1 is 1.38 bits per heavy atom. The Hall–Kier alpha value is -1.20. The summed E-state index contributed by atoms with van der Waals surface area (Å²) in [6.45, 7) is 2.18. The van der Waals surface area contributed by atoms with E-state index in [1.54, 1.807) is 0 Å². The summed E-state index contributed by atoms with van der Waals surface area (Å²) in [6, 6.07) is 7.60. The molecule has 1 aromatic carbocycles. The standard InChI is InChI=1S/C15H19ClN2O2S/c1-9-6-12(9)15(10-2-4-11(16)5-3-10)18-14(20)8-21-7-13(17)19/h2-5,9,12,15H,6-8H2,1H3,(H2,17,19)(H,18,20)/t9-,12+,15-/m1/s1. The molecule has 0 radical (unpaired) electrons. The monoisotopic (exact) mass is 326 g/mol. The normalized spacial score (nSPS) is 21.6. The van der Waals surface area contributed by atoms with Crippen molar-refractivity contribution in [3.8, 4) is 0 Å². The van der Waals surface area contributed by atoms with Gasteiger partial charge in [0.2, 0.25) is 11.8 Å². The fraction of sp³-hybridized carbons (Fsp3) is 0.467. The average Bonchev–Trinajstić information content (AvgIpc) is 3.13. The second-order valence-corrected chi connectivity index (χ2v) is 6.85. The maximum Gasteiger partial charge on any atom is 0.230 e. The number of carbonyl (C=O) groups is 2.